The number of hydrogen-bond acceptors (Lipinski definition) is 3. The molecule has 0 aromatic carbocycles. The van der Waals surface area contributed by atoms with Gasteiger partial charge in [-0.15, -0.1) is 0 Å². The molecule has 0 radical (unpaired) electrons. The van der Waals surface area contributed by atoms with Crippen LogP contribution in [0, 0.1) is 10.8 Å². The molecular weight excluding hydrogens is 240 g/mol. The van der Waals surface area contributed by atoms with Crippen molar-refractivity contribution in [2.75, 3.05) is 6.61 Å². The minimum absolute atomic E-state index is 0.161. The van der Waals surface area contributed by atoms with Gasteiger partial charge in [-0.1, -0.05) is 34.6 Å². The van der Waals surface area contributed by atoms with Gasteiger partial charge in [0.1, 0.15) is 5.60 Å². The third-order valence-corrected chi connectivity index (χ3v) is 4.65. The summed E-state index contributed by atoms with van der Waals surface area (Å²) in [6, 6.07) is 0. The van der Waals surface area contributed by atoms with Crippen LogP contribution in [-0.2, 0) is 14.3 Å². The summed E-state index contributed by atoms with van der Waals surface area (Å²) in [6.45, 7) is 13.4. The summed E-state index contributed by atoms with van der Waals surface area (Å²) < 4.78 is 11.4. The molecule has 1 heterocycles. The Labute approximate surface area is 117 Å². The Hall–Kier alpha value is -0.570. The number of epoxide rings is 1. The molecule has 2 rings (SSSR count). The molecule has 2 aliphatic rings. The molecule has 1 aliphatic carbocycles. The standard InChI is InChI=1S/C16H28O3/c1-7-16(12(17)18-8-2)15(19-16)10-13(3,4)9-14(5,6)11-15/h7-11H2,1-6H3. The molecule has 1 saturated heterocycles. The summed E-state index contributed by atoms with van der Waals surface area (Å²) in [4.78, 5) is 12.3. The van der Waals surface area contributed by atoms with Gasteiger partial charge < -0.3 is 9.47 Å². The smallest absolute Gasteiger partial charge is 0.341 e. The molecule has 3 heteroatoms. The molecule has 110 valence electrons. The molecule has 1 aliphatic heterocycles. The lowest BCUT2D eigenvalue weighted by Crippen LogP contribution is -2.45. The quantitative estimate of drug-likeness (QED) is 0.578. The van der Waals surface area contributed by atoms with Gasteiger partial charge in [0.25, 0.3) is 0 Å². The van der Waals surface area contributed by atoms with E-state index in [1.807, 2.05) is 13.8 Å². The molecule has 1 spiro atoms. The van der Waals surface area contributed by atoms with Crippen LogP contribution in [0.3, 0.4) is 0 Å². The van der Waals surface area contributed by atoms with Crippen molar-refractivity contribution in [3.05, 3.63) is 0 Å². The lowest BCUT2D eigenvalue weighted by molar-refractivity contribution is -0.149. The van der Waals surface area contributed by atoms with Crippen molar-refractivity contribution < 1.29 is 14.3 Å². The maximum Gasteiger partial charge on any atom is 0.341 e. The van der Waals surface area contributed by atoms with Gasteiger partial charge in [-0.05, 0) is 43.4 Å². The molecule has 0 aromatic heterocycles. The zero-order valence-electron chi connectivity index (χ0n) is 13.3. The molecular formula is C16H28O3. The van der Waals surface area contributed by atoms with Crippen LogP contribution in [-0.4, -0.2) is 23.8 Å². The Kier molecular flexibility index (Phi) is 3.29. The molecule has 0 aromatic rings. The first kappa shape index (κ1) is 14.8. The van der Waals surface area contributed by atoms with E-state index in [9.17, 15) is 4.79 Å². The predicted molar refractivity (Wildman–Crippen MR) is 74.9 cm³/mol. The monoisotopic (exact) mass is 268 g/mol. The fourth-order valence-corrected chi connectivity index (χ4v) is 4.71. The second kappa shape index (κ2) is 4.21. The van der Waals surface area contributed by atoms with E-state index in [0.717, 1.165) is 12.8 Å². The molecule has 3 nitrogen and oxygen atoms in total. The molecule has 1 atom stereocenters. The summed E-state index contributed by atoms with van der Waals surface area (Å²) in [5, 5.41) is 0. The van der Waals surface area contributed by atoms with E-state index in [4.69, 9.17) is 9.47 Å². The van der Waals surface area contributed by atoms with Gasteiger partial charge in [0.15, 0.2) is 5.60 Å². The maximum atomic E-state index is 12.3. The molecule has 1 unspecified atom stereocenters. The molecule has 0 bridgehead atoms. The lowest BCUT2D eigenvalue weighted by atomic mass is 9.58. The van der Waals surface area contributed by atoms with Gasteiger partial charge >= 0.3 is 5.97 Å². The van der Waals surface area contributed by atoms with Gasteiger partial charge in [-0.3, -0.25) is 0 Å². The second-order valence-electron chi connectivity index (χ2n) is 7.86. The van der Waals surface area contributed by atoms with Crippen LogP contribution in [0.15, 0.2) is 0 Å². The van der Waals surface area contributed by atoms with Crippen molar-refractivity contribution in [1.82, 2.24) is 0 Å². The van der Waals surface area contributed by atoms with E-state index in [2.05, 4.69) is 27.7 Å². The third-order valence-electron chi connectivity index (χ3n) is 4.65. The normalized spacial score (nSPS) is 34.0. The van der Waals surface area contributed by atoms with Crippen molar-refractivity contribution in [2.45, 2.75) is 78.4 Å². The number of carbonyl (C=O) groups excluding carboxylic acids is 1. The number of carbonyl (C=O) groups is 1. The van der Waals surface area contributed by atoms with Crippen LogP contribution in [0.1, 0.15) is 67.2 Å². The van der Waals surface area contributed by atoms with Crippen LogP contribution in [0.4, 0.5) is 0 Å². The van der Waals surface area contributed by atoms with E-state index in [0.29, 0.717) is 13.0 Å². The molecule has 2 fully saturated rings. The Morgan fingerprint density at radius 2 is 1.58 bits per heavy atom. The minimum atomic E-state index is -0.683. The van der Waals surface area contributed by atoms with Crippen molar-refractivity contribution in [2.24, 2.45) is 10.8 Å². The summed E-state index contributed by atoms with van der Waals surface area (Å²) in [5.41, 5.74) is -0.548. The summed E-state index contributed by atoms with van der Waals surface area (Å²) in [5.74, 6) is -0.161. The number of ether oxygens (including phenoxy) is 2. The largest absolute Gasteiger partial charge is 0.464 e. The fourth-order valence-electron chi connectivity index (χ4n) is 4.71. The van der Waals surface area contributed by atoms with Gasteiger partial charge in [0.2, 0.25) is 0 Å². The average Bonchev–Trinajstić information content (AvgIpc) is 2.81. The summed E-state index contributed by atoms with van der Waals surface area (Å²) in [7, 11) is 0. The summed E-state index contributed by atoms with van der Waals surface area (Å²) >= 11 is 0. The highest BCUT2D eigenvalue weighted by Gasteiger charge is 2.77. The average molecular weight is 268 g/mol. The highest BCUT2D eigenvalue weighted by Crippen LogP contribution is 2.66. The third kappa shape index (κ3) is 2.31. The first-order chi connectivity index (χ1) is 8.62. The highest BCUT2D eigenvalue weighted by molar-refractivity contribution is 5.85. The van der Waals surface area contributed by atoms with E-state index in [-0.39, 0.29) is 22.4 Å². The maximum absolute atomic E-state index is 12.3. The van der Waals surface area contributed by atoms with Crippen LogP contribution >= 0.6 is 0 Å². The Morgan fingerprint density at radius 3 is 2.00 bits per heavy atom. The van der Waals surface area contributed by atoms with Gasteiger partial charge in [0.05, 0.1) is 6.61 Å². The first-order valence-corrected chi connectivity index (χ1v) is 7.49. The van der Waals surface area contributed by atoms with Crippen LogP contribution in [0.2, 0.25) is 0 Å². The van der Waals surface area contributed by atoms with Crippen LogP contribution in [0.25, 0.3) is 0 Å². The Morgan fingerprint density at radius 1 is 1.05 bits per heavy atom. The van der Waals surface area contributed by atoms with Crippen molar-refractivity contribution >= 4 is 5.97 Å². The van der Waals surface area contributed by atoms with E-state index in [1.165, 1.54) is 6.42 Å². The number of hydrogen-bond donors (Lipinski definition) is 0. The number of rotatable bonds is 3. The molecule has 19 heavy (non-hydrogen) atoms. The van der Waals surface area contributed by atoms with Crippen molar-refractivity contribution in [3.8, 4) is 0 Å². The first-order valence-electron chi connectivity index (χ1n) is 7.49. The lowest BCUT2D eigenvalue weighted by Gasteiger charge is -2.44. The molecule has 0 amide bonds. The van der Waals surface area contributed by atoms with Gasteiger partial charge in [-0.2, -0.15) is 0 Å². The minimum Gasteiger partial charge on any atom is -0.464 e. The fraction of sp³-hybridized carbons (Fsp3) is 0.938. The second-order valence-corrected chi connectivity index (χ2v) is 7.86. The summed E-state index contributed by atoms with van der Waals surface area (Å²) in [6.07, 6.45) is 3.79. The highest BCUT2D eigenvalue weighted by atomic mass is 16.7. The Balaban J connectivity index is 2.27. The number of esters is 1. The zero-order valence-corrected chi connectivity index (χ0v) is 13.3. The van der Waals surface area contributed by atoms with E-state index in [1.54, 1.807) is 0 Å². The zero-order chi connectivity index (χ0) is 14.5. The van der Waals surface area contributed by atoms with Gasteiger partial charge in [0, 0.05) is 0 Å². The topological polar surface area (TPSA) is 38.8 Å². The van der Waals surface area contributed by atoms with Gasteiger partial charge in [-0.25, -0.2) is 4.79 Å². The van der Waals surface area contributed by atoms with Crippen molar-refractivity contribution in [3.63, 3.8) is 0 Å². The molecule has 1 saturated carbocycles. The Bertz CT molecular complexity index is 367. The van der Waals surface area contributed by atoms with Crippen molar-refractivity contribution in [1.29, 1.82) is 0 Å². The molecule has 0 N–H and O–H groups in total. The predicted octanol–water partition coefficient (Wildman–Crippen LogP) is 3.70. The van der Waals surface area contributed by atoms with E-state index >= 15 is 0 Å². The SMILES string of the molecule is CCOC(=O)C1(CC)OC12CC(C)(C)CC(C)(C)C2. The van der Waals surface area contributed by atoms with Crippen LogP contribution in [0.5, 0.6) is 0 Å². The van der Waals surface area contributed by atoms with E-state index < -0.39 is 5.60 Å². The van der Waals surface area contributed by atoms with Crippen LogP contribution < -0.4 is 0 Å².